The topological polar surface area (TPSA) is 53.5 Å². The van der Waals surface area contributed by atoms with Crippen LogP contribution in [0.4, 0.5) is 5.82 Å². The van der Waals surface area contributed by atoms with E-state index in [1.807, 2.05) is 38.1 Å². The Hall–Kier alpha value is -1.92. The Labute approximate surface area is 137 Å². The third-order valence-corrected chi connectivity index (χ3v) is 5.96. The van der Waals surface area contributed by atoms with E-state index in [1.165, 1.54) is 0 Å². The number of rotatable bonds is 3. The molecule has 23 heavy (non-hydrogen) atoms. The van der Waals surface area contributed by atoms with Crippen LogP contribution in [0.25, 0.3) is 0 Å². The summed E-state index contributed by atoms with van der Waals surface area (Å²) in [5.74, 6) is 0.914. The molecule has 0 amide bonds. The first-order chi connectivity index (χ1) is 11.0. The predicted molar refractivity (Wildman–Crippen MR) is 91.1 cm³/mol. The molecule has 1 aromatic heterocycles. The zero-order chi connectivity index (χ0) is 16.4. The summed E-state index contributed by atoms with van der Waals surface area (Å²) in [7, 11) is -3.41. The molecule has 0 unspecified atom stereocenters. The zero-order valence-corrected chi connectivity index (χ0v) is 14.3. The largest absolute Gasteiger partial charge is 0.354 e. The van der Waals surface area contributed by atoms with E-state index in [0.29, 0.717) is 31.1 Å². The summed E-state index contributed by atoms with van der Waals surface area (Å²) in [5.41, 5.74) is 1.92. The number of pyridine rings is 1. The van der Waals surface area contributed by atoms with Crippen molar-refractivity contribution in [3.63, 3.8) is 0 Å². The lowest BCUT2D eigenvalue weighted by Crippen LogP contribution is -2.48. The van der Waals surface area contributed by atoms with Crippen molar-refractivity contribution in [3.05, 3.63) is 53.7 Å². The molecular weight excluding hydrogens is 310 g/mol. The number of sulfonamides is 1. The molecule has 2 heterocycles. The van der Waals surface area contributed by atoms with Gasteiger partial charge in [0.2, 0.25) is 10.0 Å². The van der Waals surface area contributed by atoms with E-state index in [1.54, 1.807) is 22.5 Å². The molecule has 0 spiro atoms. The van der Waals surface area contributed by atoms with E-state index >= 15 is 0 Å². The fourth-order valence-electron chi connectivity index (χ4n) is 2.79. The molecule has 0 saturated carbocycles. The van der Waals surface area contributed by atoms with Gasteiger partial charge in [0.15, 0.2) is 0 Å². The van der Waals surface area contributed by atoms with Gasteiger partial charge in [-0.05, 0) is 43.7 Å². The Bertz CT molecular complexity index is 797. The molecule has 0 radical (unpaired) electrons. The highest BCUT2D eigenvalue weighted by Gasteiger charge is 2.28. The monoisotopic (exact) mass is 331 g/mol. The van der Waals surface area contributed by atoms with Crippen molar-refractivity contribution in [3.8, 4) is 0 Å². The zero-order valence-electron chi connectivity index (χ0n) is 13.4. The minimum Gasteiger partial charge on any atom is -0.354 e. The SMILES string of the molecule is Cc1cccc(S(=O)(=O)N2CCN(c3cccc(C)n3)CC2)c1. The van der Waals surface area contributed by atoms with E-state index in [4.69, 9.17) is 0 Å². The molecule has 0 bridgehead atoms. The van der Waals surface area contributed by atoms with Crippen LogP contribution in [-0.2, 0) is 10.0 Å². The molecule has 0 aliphatic carbocycles. The number of hydrogen-bond acceptors (Lipinski definition) is 4. The summed E-state index contributed by atoms with van der Waals surface area (Å²) in [5, 5.41) is 0. The Kier molecular flexibility index (Phi) is 4.37. The number of aryl methyl sites for hydroxylation is 2. The van der Waals surface area contributed by atoms with Crippen LogP contribution in [0.5, 0.6) is 0 Å². The van der Waals surface area contributed by atoms with Gasteiger partial charge in [-0.15, -0.1) is 0 Å². The predicted octanol–water partition coefficient (Wildman–Crippen LogP) is 2.21. The summed E-state index contributed by atoms with van der Waals surface area (Å²) in [4.78, 5) is 7.02. The van der Waals surface area contributed by atoms with Gasteiger partial charge in [0.1, 0.15) is 5.82 Å². The molecule has 0 N–H and O–H groups in total. The van der Waals surface area contributed by atoms with Gasteiger partial charge in [0.25, 0.3) is 0 Å². The van der Waals surface area contributed by atoms with Crippen LogP contribution in [0.3, 0.4) is 0 Å². The summed E-state index contributed by atoms with van der Waals surface area (Å²) < 4.78 is 27.0. The molecule has 1 aliphatic heterocycles. The van der Waals surface area contributed by atoms with Crippen LogP contribution in [-0.4, -0.2) is 43.9 Å². The van der Waals surface area contributed by atoms with E-state index in [2.05, 4.69) is 9.88 Å². The fourth-order valence-corrected chi connectivity index (χ4v) is 4.31. The molecule has 5 nitrogen and oxygen atoms in total. The van der Waals surface area contributed by atoms with Gasteiger partial charge < -0.3 is 4.90 Å². The van der Waals surface area contributed by atoms with Gasteiger partial charge in [-0.2, -0.15) is 4.31 Å². The van der Waals surface area contributed by atoms with Crippen LogP contribution in [0.1, 0.15) is 11.3 Å². The Morgan fingerprint density at radius 2 is 1.65 bits per heavy atom. The average molecular weight is 331 g/mol. The molecule has 0 atom stereocenters. The summed E-state index contributed by atoms with van der Waals surface area (Å²) in [6.07, 6.45) is 0. The fraction of sp³-hybridized carbons (Fsp3) is 0.353. The van der Waals surface area contributed by atoms with E-state index < -0.39 is 10.0 Å². The Balaban J connectivity index is 1.73. The Morgan fingerprint density at radius 1 is 0.957 bits per heavy atom. The number of aromatic nitrogens is 1. The lowest BCUT2D eigenvalue weighted by molar-refractivity contribution is 0.383. The maximum atomic E-state index is 12.7. The van der Waals surface area contributed by atoms with Gasteiger partial charge >= 0.3 is 0 Å². The lowest BCUT2D eigenvalue weighted by atomic mass is 10.2. The van der Waals surface area contributed by atoms with Crippen LogP contribution in [0, 0.1) is 13.8 Å². The average Bonchev–Trinajstić information content (AvgIpc) is 2.55. The molecule has 122 valence electrons. The molecule has 6 heteroatoms. The third kappa shape index (κ3) is 3.38. The first-order valence-corrected chi connectivity index (χ1v) is 9.16. The number of hydrogen-bond donors (Lipinski definition) is 0. The van der Waals surface area contributed by atoms with Gasteiger partial charge in [0.05, 0.1) is 4.90 Å². The highest BCUT2D eigenvalue weighted by atomic mass is 32.2. The first kappa shape index (κ1) is 16.0. The smallest absolute Gasteiger partial charge is 0.243 e. The summed E-state index contributed by atoms with van der Waals surface area (Å²) >= 11 is 0. The van der Waals surface area contributed by atoms with Crippen molar-refractivity contribution >= 4 is 15.8 Å². The van der Waals surface area contributed by atoms with Crippen molar-refractivity contribution in [2.75, 3.05) is 31.1 Å². The van der Waals surface area contributed by atoms with Gasteiger partial charge in [-0.3, -0.25) is 0 Å². The molecule has 1 saturated heterocycles. The standard InChI is InChI=1S/C17H21N3O2S/c1-14-5-3-7-16(13-14)23(21,22)20-11-9-19(10-12-20)17-8-4-6-15(2)18-17/h3-8,13H,9-12H2,1-2H3. The lowest BCUT2D eigenvalue weighted by Gasteiger charge is -2.34. The molecular formula is C17H21N3O2S. The second-order valence-corrected chi connectivity index (χ2v) is 7.78. The Morgan fingerprint density at radius 3 is 2.30 bits per heavy atom. The van der Waals surface area contributed by atoms with Crippen LogP contribution >= 0.6 is 0 Å². The maximum absolute atomic E-state index is 12.7. The third-order valence-electron chi connectivity index (χ3n) is 4.06. The molecule has 3 rings (SSSR count). The minimum absolute atomic E-state index is 0.375. The molecule has 2 aromatic rings. The van der Waals surface area contributed by atoms with Crippen LogP contribution < -0.4 is 4.90 Å². The number of piperazine rings is 1. The minimum atomic E-state index is -3.41. The van der Waals surface area contributed by atoms with Crippen molar-refractivity contribution in [1.82, 2.24) is 9.29 Å². The molecule has 1 aromatic carbocycles. The summed E-state index contributed by atoms with van der Waals surface area (Å²) in [6, 6.07) is 13.0. The van der Waals surface area contributed by atoms with Gasteiger partial charge in [0, 0.05) is 31.9 Å². The van der Waals surface area contributed by atoms with Crippen molar-refractivity contribution in [2.45, 2.75) is 18.7 Å². The van der Waals surface area contributed by atoms with Crippen molar-refractivity contribution < 1.29 is 8.42 Å². The van der Waals surface area contributed by atoms with Gasteiger partial charge in [-0.25, -0.2) is 13.4 Å². The quantitative estimate of drug-likeness (QED) is 0.865. The first-order valence-electron chi connectivity index (χ1n) is 7.72. The van der Waals surface area contributed by atoms with Crippen LogP contribution in [0.15, 0.2) is 47.4 Å². The summed E-state index contributed by atoms with van der Waals surface area (Å²) in [6.45, 7) is 6.13. The van der Waals surface area contributed by atoms with E-state index in [9.17, 15) is 8.42 Å². The normalized spacial score (nSPS) is 16.5. The van der Waals surface area contributed by atoms with Crippen molar-refractivity contribution in [1.29, 1.82) is 0 Å². The highest BCUT2D eigenvalue weighted by molar-refractivity contribution is 7.89. The number of nitrogens with zero attached hydrogens (tertiary/aromatic N) is 3. The van der Waals surface area contributed by atoms with Crippen LogP contribution in [0.2, 0.25) is 0 Å². The molecule has 1 fully saturated rings. The van der Waals surface area contributed by atoms with E-state index in [0.717, 1.165) is 17.1 Å². The second kappa shape index (κ2) is 6.29. The maximum Gasteiger partial charge on any atom is 0.243 e. The number of benzene rings is 1. The van der Waals surface area contributed by atoms with Crippen molar-refractivity contribution in [2.24, 2.45) is 0 Å². The second-order valence-electron chi connectivity index (χ2n) is 5.84. The van der Waals surface area contributed by atoms with Gasteiger partial charge in [-0.1, -0.05) is 18.2 Å². The van der Waals surface area contributed by atoms with E-state index in [-0.39, 0.29) is 0 Å². The number of anilines is 1. The highest BCUT2D eigenvalue weighted by Crippen LogP contribution is 2.20. The molecule has 1 aliphatic rings.